The van der Waals surface area contributed by atoms with E-state index in [1.165, 1.54) is 48.9 Å². The number of halogens is 2. The molecule has 1 aliphatic rings. The van der Waals surface area contributed by atoms with Gasteiger partial charge in [-0.3, -0.25) is 0 Å². The zero-order chi connectivity index (χ0) is 27.0. The van der Waals surface area contributed by atoms with Crippen molar-refractivity contribution in [2.75, 3.05) is 44.7 Å². The van der Waals surface area contributed by atoms with E-state index in [2.05, 4.69) is 36.7 Å². The smallest absolute Gasteiger partial charge is 0.488 e. The Bertz CT molecular complexity index is 1500. The molecule has 10 nitrogen and oxygen atoms in total. The van der Waals surface area contributed by atoms with Gasteiger partial charge >= 0.3 is 10.5 Å². The fourth-order valence-corrected chi connectivity index (χ4v) is 5.61. The number of hydrogen-bond acceptors (Lipinski definition) is 10. The highest BCUT2D eigenvalue weighted by Crippen LogP contribution is 2.40. The van der Waals surface area contributed by atoms with Crippen LogP contribution >= 0.6 is 18.7 Å². The maximum atomic E-state index is 13.0. The zero-order valence-corrected chi connectivity index (χ0v) is 23.0. The van der Waals surface area contributed by atoms with Crippen LogP contribution in [0.15, 0.2) is 36.5 Å². The van der Waals surface area contributed by atoms with Gasteiger partial charge in [-0.05, 0) is 68.3 Å². The second-order valence-electron chi connectivity index (χ2n) is 8.96. The minimum absolute atomic E-state index is 0.184. The van der Waals surface area contributed by atoms with Crippen molar-refractivity contribution in [3.8, 4) is 11.5 Å². The molecule has 0 atom stereocenters. The van der Waals surface area contributed by atoms with Gasteiger partial charge in [0.05, 0.1) is 24.7 Å². The molecule has 2 heterocycles. The molecule has 0 unspecified atom stereocenters. The number of aromatic nitrogens is 2. The molecule has 1 aromatic heterocycles. The largest absolute Gasteiger partial charge is 0.495 e. The van der Waals surface area contributed by atoms with Crippen molar-refractivity contribution in [1.82, 2.24) is 14.9 Å². The van der Waals surface area contributed by atoms with Gasteiger partial charge in [-0.15, -0.1) is 0 Å². The van der Waals surface area contributed by atoms with Crippen molar-refractivity contribution in [3.05, 3.63) is 52.7 Å². The van der Waals surface area contributed by atoms with Gasteiger partial charge in [0.1, 0.15) is 23.7 Å². The number of nitrogens with one attached hydrogen (secondary N) is 2. The van der Waals surface area contributed by atoms with E-state index in [-0.39, 0.29) is 27.8 Å². The van der Waals surface area contributed by atoms with Crippen LogP contribution in [0.5, 0.6) is 11.5 Å². The second-order valence-corrected chi connectivity index (χ2v) is 13.5. The lowest BCUT2D eigenvalue weighted by Crippen LogP contribution is -2.26. The molecule has 4 rings (SSSR count). The first-order chi connectivity index (χ1) is 17.3. The zero-order valence-electron chi connectivity index (χ0n) is 20.6. The normalized spacial score (nSPS) is 14.1. The average molecular weight is 570 g/mol. The van der Waals surface area contributed by atoms with Crippen molar-refractivity contribution in [2.24, 2.45) is 0 Å². The number of likely N-dealkylation sites (N-methyl/N-ethyl adjacent to an activating group) is 1. The fourth-order valence-electron chi connectivity index (χ4n) is 3.99. The summed E-state index contributed by atoms with van der Waals surface area (Å²) < 4.78 is 57.6. The topological polar surface area (TPSA) is 123 Å². The van der Waals surface area contributed by atoms with E-state index in [9.17, 15) is 16.9 Å². The number of nitrogens with zero attached hydrogens (tertiary/aromatic N) is 3. The molecule has 0 amide bonds. The highest BCUT2D eigenvalue weighted by atomic mass is 35.5. The Kier molecular flexibility index (Phi) is 7.66. The van der Waals surface area contributed by atoms with Crippen LogP contribution in [0, 0.1) is 0 Å². The summed E-state index contributed by atoms with van der Waals surface area (Å²) in [6, 6.07) is 7.85. The number of methoxy groups -OCH3 is 1. The summed E-state index contributed by atoms with van der Waals surface area (Å²) in [6.07, 6.45) is 2.33. The molecule has 1 aliphatic heterocycles. The molecule has 198 valence electrons. The predicted octanol–water partition coefficient (Wildman–Crippen LogP) is 4.45. The van der Waals surface area contributed by atoms with Gasteiger partial charge in [0.25, 0.3) is 0 Å². The Labute approximate surface area is 220 Å². The molecule has 0 aliphatic carbocycles. The van der Waals surface area contributed by atoms with Crippen molar-refractivity contribution in [3.63, 3.8) is 0 Å². The quantitative estimate of drug-likeness (QED) is 0.297. The molecule has 0 radical (unpaired) electrons. The molecule has 0 spiro atoms. The SMILES string of the molecule is COc1cc2c(cc1Nc1ncc(Cl)c(Nc3ccc(OS(=O)(=O)F)cc3P(C)(C)=O)n1)CN(C)CC2. The molecule has 3 aromatic rings. The van der Waals surface area contributed by atoms with E-state index >= 15 is 0 Å². The van der Waals surface area contributed by atoms with Crippen molar-refractivity contribution >= 4 is 57.7 Å². The second kappa shape index (κ2) is 10.4. The van der Waals surface area contributed by atoms with Crippen molar-refractivity contribution < 1.29 is 25.8 Å². The van der Waals surface area contributed by atoms with Crippen molar-refractivity contribution in [2.45, 2.75) is 13.0 Å². The van der Waals surface area contributed by atoms with Crippen LogP contribution in [-0.2, 0) is 28.0 Å². The summed E-state index contributed by atoms with van der Waals surface area (Å²) in [5.41, 5.74) is 3.42. The van der Waals surface area contributed by atoms with E-state index in [0.717, 1.165) is 19.5 Å². The van der Waals surface area contributed by atoms with Crippen LogP contribution in [-0.4, -0.2) is 57.3 Å². The van der Waals surface area contributed by atoms with E-state index in [1.54, 1.807) is 7.11 Å². The van der Waals surface area contributed by atoms with Crippen LogP contribution < -0.4 is 24.9 Å². The first-order valence-corrected chi connectivity index (χ1v) is 15.4. The van der Waals surface area contributed by atoms with E-state index in [0.29, 0.717) is 17.1 Å². The minimum atomic E-state index is -5.24. The highest BCUT2D eigenvalue weighted by molar-refractivity contribution is 7.81. The lowest BCUT2D eigenvalue weighted by atomic mass is 9.99. The molecule has 0 saturated heterocycles. The summed E-state index contributed by atoms with van der Waals surface area (Å²) in [5.74, 6) is 0.774. The first kappa shape index (κ1) is 27.1. The number of rotatable bonds is 8. The van der Waals surface area contributed by atoms with Gasteiger partial charge < -0.3 is 29.0 Å². The summed E-state index contributed by atoms with van der Waals surface area (Å²) in [6.45, 7) is 4.74. The number of hydrogen-bond donors (Lipinski definition) is 2. The standard InChI is InChI=1S/C23H26ClFN5O5PS/c1-30-8-7-14-10-20(34-2)19(9-15(14)13-30)28-23-26-12-17(24)22(29-23)27-18-6-5-16(35-37(25,32)33)11-21(18)36(3,4)31/h5-6,9-12H,7-8,13H2,1-4H3,(H2,26,27,28,29). The highest BCUT2D eigenvalue weighted by Gasteiger charge is 2.22. The third-order valence-corrected chi connectivity index (χ3v) is 7.91. The van der Waals surface area contributed by atoms with Crippen LogP contribution in [0.25, 0.3) is 0 Å². The van der Waals surface area contributed by atoms with Crippen LogP contribution in [0.3, 0.4) is 0 Å². The molecule has 0 saturated carbocycles. The van der Waals surface area contributed by atoms with E-state index < -0.39 is 17.6 Å². The van der Waals surface area contributed by atoms with Gasteiger partial charge in [0.15, 0.2) is 5.82 Å². The summed E-state index contributed by atoms with van der Waals surface area (Å²) in [4.78, 5) is 11.0. The Balaban J connectivity index is 1.66. The Morgan fingerprint density at radius 2 is 1.89 bits per heavy atom. The number of fused-ring (bicyclic) bond motifs is 1. The summed E-state index contributed by atoms with van der Waals surface area (Å²) >= 11 is 6.34. The fraction of sp³-hybridized carbons (Fsp3) is 0.304. The lowest BCUT2D eigenvalue weighted by molar-refractivity contribution is 0.312. The van der Waals surface area contributed by atoms with Gasteiger partial charge in [-0.25, -0.2) is 4.98 Å². The molecular weight excluding hydrogens is 544 g/mol. The molecule has 2 aromatic carbocycles. The maximum absolute atomic E-state index is 13.0. The third-order valence-electron chi connectivity index (χ3n) is 5.71. The lowest BCUT2D eigenvalue weighted by Gasteiger charge is -2.26. The molecular formula is C23H26ClFN5O5PS. The predicted molar refractivity (Wildman–Crippen MR) is 143 cm³/mol. The summed E-state index contributed by atoms with van der Waals surface area (Å²) in [5, 5.41) is 6.60. The van der Waals surface area contributed by atoms with Crippen molar-refractivity contribution in [1.29, 1.82) is 0 Å². The van der Waals surface area contributed by atoms with Gasteiger partial charge in [-0.1, -0.05) is 15.5 Å². The van der Waals surface area contributed by atoms with Gasteiger partial charge in [-0.2, -0.15) is 13.4 Å². The monoisotopic (exact) mass is 569 g/mol. The first-order valence-electron chi connectivity index (χ1n) is 11.1. The van der Waals surface area contributed by atoms with Crippen LogP contribution in [0.1, 0.15) is 11.1 Å². The number of ether oxygens (including phenoxy) is 1. The molecule has 0 bridgehead atoms. The van der Waals surface area contributed by atoms with Crippen LogP contribution in [0.4, 0.5) is 27.0 Å². The third kappa shape index (κ3) is 6.70. The number of benzene rings is 2. The minimum Gasteiger partial charge on any atom is -0.495 e. The Hall–Kier alpha value is -2.92. The van der Waals surface area contributed by atoms with E-state index in [4.69, 9.17) is 16.3 Å². The molecule has 0 fully saturated rings. The van der Waals surface area contributed by atoms with Crippen LogP contribution in [0.2, 0.25) is 5.02 Å². The molecule has 2 N–H and O–H groups in total. The summed E-state index contributed by atoms with van der Waals surface area (Å²) in [7, 11) is -4.56. The molecule has 37 heavy (non-hydrogen) atoms. The average Bonchev–Trinajstić information content (AvgIpc) is 2.80. The Morgan fingerprint density at radius 3 is 2.57 bits per heavy atom. The number of anilines is 4. The van der Waals surface area contributed by atoms with Gasteiger partial charge in [0.2, 0.25) is 5.95 Å². The van der Waals surface area contributed by atoms with Gasteiger partial charge in [0, 0.05) is 18.4 Å². The Morgan fingerprint density at radius 1 is 1.14 bits per heavy atom. The van der Waals surface area contributed by atoms with E-state index in [1.807, 2.05) is 12.1 Å². The molecule has 14 heteroatoms. The maximum Gasteiger partial charge on any atom is 0.488 e.